The van der Waals surface area contributed by atoms with E-state index in [1.165, 1.54) is 12.1 Å². The van der Waals surface area contributed by atoms with Crippen molar-refractivity contribution in [1.29, 1.82) is 0 Å². The Kier molecular flexibility index (Phi) is 3.94. The fraction of sp³-hybridized carbons (Fsp3) is 0.300. The largest absolute Gasteiger partial charge is 0.492 e. The Labute approximate surface area is 92.6 Å². The van der Waals surface area contributed by atoms with Gasteiger partial charge in [-0.25, -0.2) is 4.79 Å². The van der Waals surface area contributed by atoms with Crippen molar-refractivity contribution in [2.24, 2.45) is 5.73 Å². The first kappa shape index (κ1) is 11.8. The van der Waals surface area contributed by atoms with Crippen molar-refractivity contribution >= 4 is 17.6 Å². The number of ether oxygens (including phenoxy) is 1. The Balaban J connectivity index is 2.84. The van der Waals surface area contributed by atoms with Crippen LogP contribution >= 0.6 is 11.6 Å². The minimum absolute atomic E-state index is 0.0992. The van der Waals surface area contributed by atoms with E-state index in [1.54, 1.807) is 13.0 Å². The van der Waals surface area contributed by atoms with Crippen LogP contribution in [0.1, 0.15) is 17.3 Å². The van der Waals surface area contributed by atoms with E-state index in [1.807, 2.05) is 0 Å². The summed E-state index contributed by atoms with van der Waals surface area (Å²) in [7, 11) is 0. The van der Waals surface area contributed by atoms with Gasteiger partial charge in [0.2, 0.25) is 0 Å². The van der Waals surface area contributed by atoms with E-state index in [0.717, 1.165) is 0 Å². The number of halogens is 1. The summed E-state index contributed by atoms with van der Waals surface area (Å²) in [5.41, 5.74) is 5.60. The minimum atomic E-state index is -1.04. The van der Waals surface area contributed by atoms with Gasteiger partial charge in [-0.2, -0.15) is 0 Å². The maximum Gasteiger partial charge on any atom is 0.335 e. The Hall–Kier alpha value is -1.26. The zero-order valence-electron chi connectivity index (χ0n) is 8.24. The summed E-state index contributed by atoms with van der Waals surface area (Å²) in [6.07, 6.45) is 0. The molecule has 0 aliphatic heterocycles. The molecule has 1 aromatic carbocycles. The second-order valence-electron chi connectivity index (χ2n) is 3.27. The van der Waals surface area contributed by atoms with Crippen molar-refractivity contribution in [3.8, 4) is 5.75 Å². The summed E-state index contributed by atoms with van der Waals surface area (Å²) in [6.45, 7) is 2.11. The molecule has 0 bridgehead atoms. The second kappa shape index (κ2) is 5.00. The molecule has 4 nitrogen and oxygen atoms in total. The highest BCUT2D eigenvalue weighted by Gasteiger charge is 2.07. The summed E-state index contributed by atoms with van der Waals surface area (Å²) in [5.74, 6) is -0.625. The van der Waals surface area contributed by atoms with Crippen molar-refractivity contribution in [3.63, 3.8) is 0 Å². The molecule has 0 saturated carbocycles. The monoisotopic (exact) mass is 229 g/mol. The van der Waals surface area contributed by atoms with E-state index in [4.69, 9.17) is 27.2 Å². The fourth-order valence-corrected chi connectivity index (χ4v) is 1.22. The lowest BCUT2D eigenvalue weighted by Gasteiger charge is -2.09. The standard InChI is InChI=1S/C10H12ClNO3/c1-6(12)5-15-9-3-7(10(13)14)2-8(11)4-9/h2-4,6H,5,12H2,1H3,(H,13,14). The zero-order valence-corrected chi connectivity index (χ0v) is 8.99. The van der Waals surface area contributed by atoms with Crippen molar-refractivity contribution in [3.05, 3.63) is 28.8 Å². The van der Waals surface area contributed by atoms with Crippen molar-refractivity contribution in [1.82, 2.24) is 0 Å². The first-order chi connectivity index (χ1) is 6.99. The molecule has 0 aliphatic rings. The molecule has 5 heteroatoms. The lowest BCUT2D eigenvalue weighted by molar-refractivity contribution is 0.0696. The SMILES string of the molecule is CC(N)COc1cc(Cl)cc(C(=O)O)c1. The molecule has 15 heavy (non-hydrogen) atoms. The van der Waals surface area contributed by atoms with Crippen LogP contribution in [0.5, 0.6) is 5.75 Å². The van der Waals surface area contributed by atoms with Crippen molar-refractivity contribution in [2.45, 2.75) is 13.0 Å². The van der Waals surface area contributed by atoms with Gasteiger partial charge in [-0.3, -0.25) is 0 Å². The average Bonchev–Trinajstić information content (AvgIpc) is 2.13. The van der Waals surface area contributed by atoms with Gasteiger partial charge in [0.15, 0.2) is 0 Å². The van der Waals surface area contributed by atoms with Crippen LogP contribution in [0.2, 0.25) is 5.02 Å². The lowest BCUT2D eigenvalue weighted by Crippen LogP contribution is -2.23. The van der Waals surface area contributed by atoms with Gasteiger partial charge in [0.25, 0.3) is 0 Å². The second-order valence-corrected chi connectivity index (χ2v) is 3.71. The summed E-state index contributed by atoms with van der Waals surface area (Å²) < 4.78 is 5.27. The van der Waals surface area contributed by atoms with E-state index in [2.05, 4.69) is 0 Å². The normalized spacial score (nSPS) is 12.2. The maximum atomic E-state index is 10.7. The van der Waals surface area contributed by atoms with Crippen molar-refractivity contribution in [2.75, 3.05) is 6.61 Å². The molecule has 0 aromatic heterocycles. The van der Waals surface area contributed by atoms with Gasteiger partial charge in [-0.15, -0.1) is 0 Å². The average molecular weight is 230 g/mol. The summed E-state index contributed by atoms with van der Waals surface area (Å²) in [4.78, 5) is 10.7. The van der Waals surface area contributed by atoms with Gasteiger partial charge >= 0.3 is 5.97 Å². The number of hydrogen-bond acceptors (Lipinski definition) is 3. The molecule has 0 spiro atoms. The Morgan fingerprint density at radius 2 is 2.27 bits per heavy atom. The van der Waals surface area contributed by atoms with Crippen LogP contribution in [0.25, 0.3) is 0 Å². The van der Waals surface area contributed by atoms with Gasteiger partial charge in [0.1, 0.15) is 12.4 Å². The quantitative estimate of drug-likeness (QED) is 0.825. The number of carbonyl (C=O) groups is 1. The Bertz CT molecular complexity index is 366. The third kappa shape index (κ3) is 3.77. The molecular formula is C10H12ClNO3. The highest BCUT2D eigenvalue weighted by Crippen LogP contribution is 2.21. The number of benzene rings is 1. The first-order valence-corrected chi connectivity index (χ1v) is 4.79. The molecule has 1 rings (SSSR count). The van der Waals surface area contributed by atoms with Crippen LogP contribution in [0, 0.1) is 0 Å². The molecule has 0 aliphatic carbocycles. The molecular weight excluding hydrogens is 218 g/mol. The number of carboxylic acids is 1. The summed E-state index contributed by atoms with van der Waals surface area (Å²) in [5, 5.41) is 9.10. The highest BCUT2D eigenvalue weighted by atomic mass is 35.5. The molecule has 0 fully saturated rings. The zero-order chi connectivity index (χ0) is 11.4. The molecule has 1 aromatic rings. The summed E-state index contributed by atoms with van der Waals surface area (Å²) in [6, 6.07) is 4.22. The van der Waals surface area contributed by atoms with Gasteiger partial charge in [-0.05, 0) is 25.1 Å². The Morgan fingerprint density at radius 1 is 1.60 bits per heavy atom. The van der Waals surface area contributed by atoms with Gasteiger partial charge in [0, 0.05) is 11.1 Å². The number of hydrogen-bond donors (Lipinski definition) is 2. The van der Waals surface area contributed by atoms with Gasteiger partial charge in [0.05, 0.1) is 5.56 Å². The Morgan fingerprint density at radius 3 is 2.80 bits per heavy atom. The maximum absolute atomic E-state index is 10.7. The molecule has 0 radical (unpaired) electrons. The minimum Gasteiger partial charge on any atom is -0.492 e. The van der Waals surface area contributed by atoms with E-state index in [-0.39, 0.29) is 11.6 Å². The smallest absolute Gasteiger partial charge is 0.335 e. The predicted molar refractivity (Wildman–Crippen MR) is 57.6 cm³/mol. The van der Waals surface area contributed by atoms with E-state index < -0.39 is 5.97 Å². The van der Waals surface area contributed by atoms with Crippen LogP contribution < -0.4 is 10.5 Å². The predicted octanol–water partition coefficient (Wildman–Crippen LogP) is 1.76. The molecule has 0 saturated heterocycles. The van der Waals surface area contributed by atoms with E-state index >= 15 is 0 Å². The van der Waals surface area contributed by atoms with E-state index in [9.17, 15) is 4.79 Å². The molecule has 3 N–H and O–H groups in total. The third-order valence-corrected chi connectivity index (χ3v) is 1.85. The molecule has 1 unspecified atom stereocenters. The van der Waals surface area contributed by atoms with E-state index in [0.29, 0.717) is 17.4 Å². The fourth-order valence-electron chi connectivity index (χ4n) is 0.997. The first-order valence-electron chi connectivity index (χ1n) is 4.41. The third-order valence-electron chi connectivity index (χ3n) is 1.63. The van der Waals surface area contributed by atoms with Crippen LogP contribution in [0.3, 0.4) is 0 Å². The lowest BCUT2D eigenvalue weighted by atomic mass is 10.2. The number of carboxylic acid groups (broad SMARTS) is 1. The topological polar surface area (TPSA) is 72.5 Å². The molecule has 1 atom stereocenters. The van der Waals surface area contributed by atoms with Gasteiger partial charge in [-0.1, -0.05) is 11.6 Å². The number of nitrogens with two attached hydrogens (primary N) is 1. The summed E-state index contributed by atoms with van der Waals surface area (Å²) >= 11 is 5.73. The molecule has 0 heterocycles. The van der Waals surface area contributed by atoms with Crippen molar-refractivity contribution < 1.29 is 14.6 Å². The molecule has 82 valence electrons. The number of rotatable bonds is 4. The van der Waals surface area contributed by atoms with Gasteiger partial charge < -0.3 is 15.6 Å². The van der Waals surface area contributed by atoms with Crippen LogP contribution in [0.4, 0.5) is 0 Å². The van der Waals surface area contributed by atoms with Crippen LogP contribution in [-0.2, 0) is 0 Å². The molecule has 0 amide bonds. The van der Waals surface area contributed by atoms with Crippen LogP contribution in [-0.4, -0.2) is 23.7 Å². The highest BCUT2D eigenvalue weighted by molar-refractivity contribution is 6.31. The van der Waals surface area contributed by atoms with Crippen LogP contribution in [0.15, 0.2) is 18.2 Å². The number of aromatic carboxylic acids is 1.